The second kappa shape index (κ2) is 9.81. The van der Waals surface area contributed by atoms with E-state index in [2.05, 4.69) is 15.3 Å². The zero-order valence-electron chi connectivity index (χ0n) is 16.7. The van der Waals surface area contributed by atoms with Gasteiger partial charge >= 0.3 is 11.4 Å². The van der Waals surface area contributed by atoms with Crippen molar-refractivity contribution in [3.8, 4) is 0 Å². The third-order valence-corrected chi connectivity index (χ3v) is 4.67. The lowest BCUT2D eigenvalue weighted by Gasteiger charge is -2.15. The number of nitrogen functional groups attached to an aromatic ring is 1. The lowest BCUT2D eigenvalue weighted by Crippen LogP contribution is -2.43. The predicted octanol–water partition coefficient (Wildman–Crippen LogP) is 0.423. The van der Waals surface area contributed by atoms with E-state index in [1.54, 1.807) is 48.5 Å². The molecule has 0 aliphatic heterocycles. The van der Waals surface area contributed by atoms with E-state index in [-0.39, 0.29) is 38.1 Å². The van der Waals surface area contributed by atoms with Gasteiger partial charge in [-0.2, -0.15) is 4.98 Å². The number of benzene rings is 2. The van der Waals surface area contributed by atoms with E-state index < -0.39 is 11.4 Å². The average Bonchev–Trinajstić information content (AvgIpc) is 2.73. The second-order valence-corrected chi connectivity index (χ2v) is 7.21. The number of rotatable bonds is 8. The SMILES string of the molecule is NC(N)=NCCNc1nc(=O)n(Cc2ccc(Cl)cc2)c(=O)n1Cc1ccc(N)cc1. The number of hydrogen-bond donors (Lipinski definition) is 4. The summed E-state index contributed by atoms with van der Waals surface area (Å²) < 4.78 is 2.46. The molecule has 162 valence electrons. The number of nitrogens with one attached hydrogen (secondary N) is 1. The maximum absolute atomic E-state index is 13.2. The Balaban J connectivity index is 1.98. The summed E-state index contributed by atoms with van der Waals surface area (Å²) in [5.74, 6) is 0.0809. The average molecular weight is 443 g/mol. The molecule has 0 saturated carbocycles. The summed E-state index contributed by atoms with van der Waals surface area (Å²) in [6.45, 7) is 0.802. The summed E-state index contributed by atoms with van der Waals surface area (Å²) >= 11 is 5.92. The Kier molecular flexibility index (Phi) is 6.93. The fourth-order valence-electron chi connectivity index (χ4n) is 2.87. The molecule has 1 aromatic heterocycles. The summed E-state index contributed by atoms with van der Waals surface area (Å²) in [6, 6.07) is 14.0. The van der Waals surface area contributed by atoms with Gasteiger partial charge in [0.05, 0.1) is 19.6 Å². The van der Waals surface area contributed by atoms with Crippen LogP contribution >= 0.6 is 11.6 Å². The Morgan fingerprint density at radius 2 is 1.55 bits per heavy atom. The van der Waals surface area contributed by atoms with Crippen LogP contribution in [0.25, 0.3) is 0 Å². The Bertz CT molecular complexity index is 1180. The van der Waals surface area contributed by atoms with Crippen molar-refractivity contribution in [2.24, 2.45) is 16.5 Å². The van der Waals surface area contributed by atoms with Gasteiger partial charge in [0, 0.05) is 17.3 Å². The molecule has 31 heavy (non-hydrogen) atoms. The van der Waals surface area contributed by atoms with E-state index >= 15 is 0 Å². The molecule has 2 aromatic carbocycles. The van der Waals surface area contributed by atoms with Crippen molar-refractivity contribution in [3.63, 3.8) is 0 Å². The third-order valence-electron chi connectivity index (χ3n) is 4.41. The molecule has 0 saturated heterocycles. The van der Waals surface area contributed by atoms with Crippen molar-refractivity contribution in [1.82, 2.24) is 14.1 Å². The first-order valence-electron chi connectivity index (χ1n) is 9.43. The normalized spacial score (nSPS) is 10.6. The number of hydrogen-bond acceptors (Lipinski definition) is 6. The van der Waals surface area contributed by atoms with Crippen molar-refractivity contribution in [2.75, 3.05) is 24.1 Å². The highest BCUT2D eigenvalue weighted by Crippen LogP contribution is 2.11. The minimum absolute atomic E-state index is 0.0487. The molecule has 0 aliphatic carbocycles. The first-order valence-corrected chi connectivity index (χ1v) is 9.81. The molecule has 0 atom stereocenters. The van der Waals surface area contributed by atoms with Crippen LogP contribution in [0.15, 0.2) is 63.1 Å². The number of anilines is 2. The van der Waals surface area contributed by atoms with E-state index in [9.17, 15) is 9.59 Å². The van der Waals surface area contributed by atoms with Crippen LogP contribution < -0.4 is 33.9 Å². The van der Waals surface area contributed by atoms with Gasteiger partial charge in [0.1, 0.15) is 0 Å². The minimum Gasteiger partial charge on any atom is -0.399 e. The topological polar surface area (TPSA) is 159 Å². The molecule has 0 unspecified atom stereocenters. The first-order chi connectivity index (χ1) is 14.8. The molecule has 0 aliphatic rings. The monoisotopic (exact) mass is 442 g/mol. The van der Waals surface area contributed by atoms with E-state index in [1.807, 2.05) is 0 Å². The van der Waals surface area contributed by atoms with Gasteiger partial charge in [-0.3, -0.25) is 9.56 Å². The van der Waals surface area contributed by atoms with E-state index in [1.165, 1.54) is 4.57 Å². The number of guanidine groups is 1. The van der Waals surface area contributed by atoms with Crippen molar-refractivity contribution in [1.29, 1.82) is 0 Å². The molecule has 0 amide bonds. The molecule has 0 spiro atoms. The van der Waals surface area contributed by atoms with Crippen molar-refractivity contribution in [3.05, 3.63) is 85.6 Å². The van der Waals surface area contributed by atoms with Crippen LogP contribution in [-0.4, -0.2) is 33.2 Å². The molecular weight excluding hydrogens is 420 g/mol. The van der Waals surface area contributed by atoms with Crippen LogP contribution in [0, 0.1) is 0 Å². The Hall–Kier alpha value is -3.79. The second-order valence-electron chi connectivity index (χ2n) is 6.77. The zero-order valence-corrected chi connectivity index (χ0v) is 17.4. The highest BCUT2D eigenvalue weighted by Gasteiger charge is 2.14. The molecule has 0 bridgehead atoms. The lowest BCUT2D eigenvalue weighted by molar-refractivity contribution is 0.586. The van der Waals surface area contributed by atoms with Crippen LogP contribution in [0.3, 0.4) is 0 Å². The molecule has 0 radical (unpaired) electrons. The van der Waals surface area contributed by atoms with E-state index in [0.717, 1.165) is 15.7 Å². The zero-order chi connectivity index (χ0) is 22.4. The maximum atomic E-state index is 13.2. The van der Waals surface area contributed by atoms with Gasteiger partial charge in [0.2, 0.25) is 5.95 Å². The molecule has 0 fully saturated rings. The Morgan fingerprint density at radius 3 is 2.16 bits per heavy atom. The number of nitrogens with zero attached hydrogens (tertiary/aromatic N) is 4. The van der Waals surface area contributed by atoms with Gasteiger partial charge in [-0.25, -0.2) is 14.2 Å². The Labute approximate surface area is 183 Å². The molecule has 10 nitrogen and oxygen atoms in total. The highest BCUT2D eigenvalue weighted by molar-refractivity contribution is 6.30. The fourth-order valence-corrected chi connectivity index (χ4v) is 3.00. The predicted molar refractivity (Wildman–Crippen MR) is 122 cm³/mol. The summed E-state index contributed by atoms with van der Waals surface area (Å²) in [4.78, 5) is 33.8. The highest BCUT2D eigenvalue weighted by atomic mass is 35.5. The smallest absolute Gasteiger partial charge is 0.355 e. The molecule has 3 rings (SSSR count). The van der Waals surface area contributed by atoms with Crippen LogP contribution in [0.2, 0.25) is 5.02 Å². The first kappa shape index (κ1) is 21.9. The lowest BCUT2D eigenvalue weighted by atomic mass is 10.2. The van der Waals surface area contributed by atoms with Crippen molar-refractivity contribution < 1.29 is 0 Å². The van der Waals surface area contributed by atoms with Gasteiger partial charge in [-0.05, 0) is 35.4 Å². The summed E-state index contributed by atoms with van der Waals surface area (Å²) in [5.41, 5.74) is 17.4. The largest absolute Gasteiger partial charge is 0.399 e. The summed E-state index contributed by atoms with van der Waals surface area (Å²) in [5, 5.41) is 3.52. The summed E-state index contributed by atoms with van der Waals surface area (Å²) in [7, 11) is 0. The fraction of sp³-hybridized carbons (Fsp3) is 0.200. The van der Waals surface area contributed by atoms with Crippen LogP contribution in [0.5, 0.6) is 0 Å². The Morgan fingerprint density at radius 1 is 0.968 bits per heavy atom. The van der Waals surface area contributed by atoms with Crippen molar-refractivity contribution >= 4 is 29.2 Å². The minimum atomic E-state index is -0.669. The number of nitrogens with two attached hydrogens (primary N) is 3. The van der Waals surface area contributed by atoms with E-state index in [0.29, 0.717) is 10.7 Å². The van der Waals surface area contributed by atoms with Gasteiger partial charge in [-0.1, -0.05) is 35.9 Å². The molecule has 1 heterocycles. The number of aliphatic imine (C=N–C) groups is 1. The number of aromatic nitrogens is 3. The van der Waals surface area contributed by atoms with Gasteiger partial charge in [0.25, 0.3) is 0 Å². The molecule has 11 heteroatoms. The number of halogens is 1. The van der Waals surface area contributed by atoms with Gasteiger partial charge < -0.3 is 22.5 Å². The van der Waals surface area contributed by atoms with E-state index in [4.69, 9.17) is 28.8 Å². The quantitative estimate of drug-likeness (QED) is 0.170. The molecular formula is C20H23ClN8O2. The van der Waals surface area contributed by atoms with Crippen LogP contribution in [0.1, 0.15) is 11.1 Å². The van der Waals surface area contributed by atoms with Gasteiger partial charge in [0.15, 0.2) is 5.96 Å². The molecule has 3 aromatic rings. The van der Waals surface area contributed by atoms with Crippen molar-refractivity contribution in [2.45, 2.75) is 13.1 Å². The standard InChI is InChI=1S/C20H23ClN8O2/c21-15-5-1-13(2-6-15)12-29-19(30)27-18(26-10-9-25-17(23)24)28(20(29)31)11-14-3-7-16(22)8-4-14/h1-8H,9-12,22H2,(H4,23,24,25)(H,26,27,30). The van der Waals surface area contributed by atoms with Gasteiger partial charge in [-0.15, -0.1) is 0 Å². The maximum Gasteiger partial charge on any atom is 0.355 e. The molecule has 7 N–H and O–H groups in total. The van der Waals surface area contributed by atoms with Crippen LogP contribution in [-0.2, 0) is 13.1 Å². The summed E-state index contributed by atoms with van der Waals surface area (Å²) in [6.07, 6.45) is 0. The van der Waals surface area contributed by atoms with Crippen LogP contribution in [0.4, 0.5) is 11.6 Å². The third kappa shape index (κ3) is 5.86.